The van der Waals surface area contributed by atoms with E-state index in [-0.39, 0.29) is 5.92 Å². The molecule has 2 unspecified atom stereocenters. The molecule has 0 amide bonds. The Labute approximate surface area is 181 Å². The van der Waals surface area contributed by atoms with E-state index in [1.54, 1.807) is 0 Å². The van der Waals surface area contributed by atoms with Gasteiger partial charge in [-0.2, -0.15) is 0 Å². The fourth-order valence-corrected chi connectivity index (χ4v) is 4.06. The summed E-state index contributed by atoms with van der Waals surface area (Å²) in [5.74, 6) is 1.33. The third kappa shape index (κ3) is 4.18. The summed E-state index contributed by atoms with van der Waals surface area (Å²) in [6, 6.07) is 25.4. The summed E-state index contributed by atoms with van der Waals surface area (Å²) in [6.07, 6.45) is 0.0603. The summed E-state index contributed by atoms with van der Waals surface area (Å²) in [5, 5.41) is 12.1. The SMILES string of the molecule is Nc1cccc(CC2COc3ccc(OCc4ccc5ccccc5n4)cc3C2O)c1. The van der Waals surface area contributed by atoms with Crippen LogP contribution in [-0.4, -0.2) is 16.7 Å². The van der Waals surface area contributed by atoms with Crippen LogP contribution < -0.4 is 15.2 Å². The molecule has 0 radical (unpaired) electrons. The van der Waals surface area contributed by atoms with Crippen LogP contribution in [0.25, 0.3) is 10.9 Å². The number of aliphatic hydroxyl groups is 1. The van der Waals surface area contributed by atoms with Crippen molar-refractivity contribution in [3.8, 4) is 11.5 Å². The first-order valence-electron chi connectivity index (χ1n) is 10.4. The zero-order valence-corrected chi connectivity index (χ0v) is 17.1. The number of aromatic nitrogens is 1. The highest BCUT2D eigenvalue weighted by Crippen LogP contribution is 2.39. The van der Waals surface area contributed by atoms with E-state index in [0.29, 0.717) is 31.1 Å². The smallest absolute Gasteiger partial charge is 0.130 e. The van der Waals surface area contributed by atoms with E-state index < -0.39 is 6.10 Å². The minimum Gasteiger partial charge on any atom is -0.493 e. The Morgan fingerprint density at radius 1 is 1.00 bits per heavy atom. The summed E-state index contributed by atoms with van der Waals surface area (Å²) in [5.41, 5.74) is 10.3. The van der Waals surface area contributed by atoms with E-state index in [4.69, 9.17) is 15.2 Å². The monoisotopic (exact) mass is 412 g/mol. The van der Waals surface area contributed by atoms with Gasteiger partial charge in [-0.1, -0.05) is 36.4 Å². The zero-order chi connectivity index (χ0) is 21.2. The number of hydrogen-bond donors (Lipinski definition) is 2. The van der Waals surface area contributed by atoms with E-state index in [0.717, 1.165) is 33.4 Å². The van der Waals surface area contributed by atoms with Crippen molar-refractivity contribution in [3.05, 3.63) is 95.7 Å². The van der Waals surface area contributed by atoms with Gasteiger partial charge in [-0.25, -0.2) is 4.98 Å². The average Bonchev–Trinajstić information content (AvgIpc) is 2.79. The Morgan fingerprint density at radius 2 is 1.90 bits per heavy atom. The van der Waals surface area contributed by atoms with Crippen molar-refractivity contribution < 1.29 is 14.6 Å². The molecule has 0 bridgehead atoms. The lowest BCUT2D eigenvalue weighted by Crippen LogP contribution is -2.27. The number of aliphatic hydroxyl groups excluding tert-OH is 1. The van der Waals surface area contributed by atoms with Crippen LogP contribution in [0.3, 0.4) is 0 Å². The van der Waals surface area contributed by atoms with Crippen molar-refractivity contribution in [2.75, 3.05) is 12.3 Å². The molecule has 5 heteroatoms. The lowest BCUT2D eigenvalue weighted by Gasteiger charge is -2.30. The van der Waals surface area contributed by atoms with Crippen LogP contribution in [0.15, 0.2) is 78.9 Å². The first-order valence-corrected chi connectivity index (χ1v) is 10.4. The van der Waals surface area contributed by atoms with Crippen LogP contribution in [0, 0.1) is 5.92 Å². The van der Waals surface area contributed by atoms with Crippen LogP contribution >= 0.6 is 0 Å². The summed E-state index contributed by atoms with van der Waals surface area (Å²) in [7, 11) is 0. The molecule has 0 spiro atoms. The minimum absolute atomic E-state index is 0.0493. The number of fused-ring (bicyclic) bond motifs is 2. The van der Waals surface area contributed by atoms with Crippen LogP contribution in [0.5, 0.6) is 11.5 Å². The van der Waals surface area contributed by atoms with Crippen molar-refractivity contribution in [2.24, 2.45) is 5.92 Å². The summed E-state index contributed by atoms with van der Waals surface area (Å²) < 4.78 is 11.9. The number of nitrogens with zero attached hydrogens (tertiary/aromatic N) is 1. The van der Waals surface area contributed by atoms with Gasteiger partial charge < -0.3 is 20.3 Å². The molecule has 156 valence electrons. The van der Waals surface area contributed by atoms with Crippen molar-refractivity contribution >= 4 is 16.6 Å². The number of benzene rings is 3. The summed E-state index contributed by atoms with van der Waals surface area (Å²) in [6.45, 7) is 0.817. The zero-order valence-electron chi connectivity index (χ0n) is 17.1. The Bertz CT molecular complexity index is 1220. The third-order valence-corrected chi connectivity index (χ3v) is 5.69. The topological polar surface area (TPSA) is 77.6 Å². The molecule has 3 aromatic carbocycles. The maximum absolute atomic E-state index is 11.0. The molecule has 2 atom stereocenters. The van der Waals surface area contributed by atoms with E-state index in [1.807, 2.05) is 78.9 Å². The normalized spacial score (nSPS) is 17.7. The second-order valence-corrected chi connectivity index (χ2v) is 7.95. The number of para-hydroxylation sites is 1. The number of rotatable bonds is 5. The second-order valence-electron chi connectivity index (χ2n) is 7.95. The molecule has 0 saturated heterocycles. The van der Waals surface area contributed by atoms with E-state index >= 15 is 0 Å². The fraction of sp³-hybridized carbons (Fsp3) is 0.192. The Hall–Kier alpha value is -3.57. The number of hydrogen-bond acceptors (Lipinski definition) is 5. The highest BCUT2D eigenvalue weighted by molar-refractivity contribution is 5.78. The molecule has 31 heavy (non-hydrogen) atoms. The van der Waals surface area contributed by atoms with Crippen molar-refractivity contribution in [2.45, 2.75) is 19.1 Å². The molecule has 1 aromatic heterocycles. The lowest BCUT2D eigenvalue weighted by molar-refractivity contribution is 0.0504. The standard InChI is InChI=1S/C26H24N2O3/c27-20-6-3-4-17(13-20)12-19-15-31-25-11-10-22(14-23(25)26(19)29)30-16-21-9-8-18-5-1-2-7-24(18)28-21/h1-11,13-14,19,26,29H,12,15-16,27H2. The van der Waals surface area contributed by atoms with Crippen LogP contribution in [0.2, 0.25) is 0 Å². The van der Waals surface area contributed by atoms with Gasteiger partial charge in [-0.15, -0.1) is 0 Å². The first-order chi connectivity index (χ1) is 15.2. The average molecular weight is 412 g/mol. The molecule has 1 aliphatic heterocycles. The maximum atomic E-state index is 11.0. The van der Waals surface area contributed by atoms with Gasteiger partial charge in [0.25, 0.3) is 0 Å². The van der Waals surface area contributed by atoms with Crippen LogP contribution in [0.4, 0.5) is 5.69 Å². The maximum Gasteiger partial charge on any atom is 0.130 e. The molecule has 0 aliphatic carbocycles. The van der Waals surface area contributed by atoms with Crippen LogP contribution in [0.1, 0.15) is 22.9 Å². The largest absolute Gasteiger partial charge is 0.493 e. The number of ether oxygens (including phenoxy) is 2. The molecular weight excluding hydrogens is 388 g/mol. The molecule has 3 N–H and O–H groups in total. The lowest BCUT2D eigenvalue weighted by atomic mass is 9.88. The number of anilines is 1. The predicted octanol–water partition coefficient (Wildman–Crippen LogP) is 4.68. The quantitative estimate of drug-likeness (QED) is 0.466. The van der Waals surface area contributed by atoms with Gasteiger partial charge >= 0.3 is 0 Å². The van der Waals surface area contributed by atoms with Crippen molar-refractivity contribution in [1.82, 2.24) is 4.98 Å². The molecule has 5 nitrogen and oxygen atoms in total. The van der Waals surface area contributed by atoms with Crippen molar-refractivity contribution in [3.63, 3.8) is 0 Å². The van der Waals surface area contributed by atoms with Crippen molar-refractivity contribution in [1.29, 1.82) is 0 Å². The molecule has 1 aliphatic rings. The Kier molecular flexibility index (Phi) is 5.18. The van der Waals surface area contributed by atoms with Crippen LogP contribution in [-0.2, 0) is 13.0 Å². The van der Waals surface area contributed by atoms with E-state index in [1.165, 1.54) is 0 Å². The van der Waals surface area contributed by atoms with Gasteiger partial charge in [-0.05, 0) is 54.4 Å². The highest BCUT2D eigenvalue weighted by atomic mass is 16.5. The predicted molar refractivity (Wildman–Crippen MR) is 121 cm³/mol. The summed E-state index contributed by atoms with van der Waals surface area (Å²) >= 11 is 0. The van der Waals surface area contributed by atoms with Gasteiger partial charge in [0.2, 0.25) is 0 Å². The van der Waals surface area contributed by atoms with Gasteiger partial charge in [0.05, 0.1) is 23.9 Å². The molecule has 0 saturated carbocycles. The number of nitrogens with two attached hydrogens (primary N) is 1. The minimum atomic E-state index is -0.632. The third-order valence-electron chi connectivity index (χ3n) is 5.69. The van der Waals surface area contributed by atoms with Gasteiger partial charge in [-0.3, -0.25) is 0 Å². The Morgan fingerprint density at radius 3 is 2.81 bits per heavy atom. The molecule has 5 rings (SSSR count). The second kappa shape index (κ2) is 8.28. The highest BCUT2D eigenvalue weighted by Gasteiger charge is 2.30. The summed E-state index contributed by atoms with van der Waals surface area (Å²) in [4.78, 5) is 4.65. The number of pyridine rings is 1. The first kappa shape index (κ1) is 19.4. The number of nitrogen functional groups attached to an aromatic ring is 1. The van der Waals surface area contributed by atoms with Gasteiger partial charge in [0.1, 0.15) is 18.1 Å². The van der Waals surface area contributed by atoms with E-state index in [2.05, 4.69) is 4.98 Å². The molecule has 0 fully saturated rings. The molecule has 2 heterocycles. The molecular formula is C26H24N2O3. The van der Waals surface area contributed by atoms with Gasteiger partial charge in [0, 0.05) is 22.6 Å². The fourth-order valence-electron chi connectivity index (χ4n) is 4.06. The molecule has 4 aromatic rings. The Balaban J connectivity index is 1.30. The van der Waals surface area contributed by atoms with E-state index in [9.17, 15) is 5.11 Å². The van der Waals surface area contributed by atoms with Gasteiger partial charge in [0.15, 0.2) is 0 Å².